The number of nitrogens with zero attached hydrogens (tertiary/aromatic N) is 4. The van der Waals surface area contributed by atoms with Crippen LogP contribution >= 0.6 is 11.6 Å². The van der Waals surface area contributed by atoms with E-state index in [2.05, 4.69) is 15.0 Å². The molecule has 1 unspecified atom stereocenters. The molecule has 2 fully saturated rings. The Balaban J connectivity index is 1.67. The molecule has 2 aliphatic heterocycles. The second-order valence-electron chi connectivity index (χ2n) is 7.65. The van der Waals surface area contributed by atoms with E-state index in [0.717, 1.165) is 0 Å². The Morgan fingerprint density at radius 3 is 2.72 bits per heavy atom. The van der Waals surface area contributed by atoms with Crippen LogP contribution in [0.4, 0.5) is 0 Å². The summed E-state index contributed by atoms with van der Waals surface area (Å²) in [6.07, 6.45) is 0.831. The summed E-state index contributed by atoms with van der Waals surface area (Å²) >= 11 is 6.11. The molecule has 10 nitrogen and oxygen atoms in total. The molecule has 0 saturated carbocycles. The van der Waals surface area contributed by atoms with Crippen LogP contribution in [0.5, 0.6) is 0 Å². The Labute approximate surface area is 173 Å². The second kappa shape index (κ2) is 7.40. The van der Waals surface area contributed by atoms with Gasteiger partial charge in [-0.3, -0.25) is 8.75 Å². The molecule has 2 saturated heterocycles. The highest BCUT2D eigenvalue weighted by molar-refractivity contribution is 7.86. The van der Waals surface area contributed by atoms with Gasteiger partial charge < -0.3 is 14.2 Å². The summed E-state index contributed by atoms with van der Waals surface area (Å²) in [6.45, 7) is 7.13. The summed E-state index contributed by atoms with van der Waals surface area (Å²) in [4.78, 5) is 12.5. The van der Waals surface area contributed by atoms with Crippen molar-refractivity contribution < 1.29 is 26.8 Å². The summed E-state index contributed by atoms with van der Waals surface area (Å²) in [7, 11) is -3.67. The van der Waals surface area contributed by atoms with Gasteiger partial charge in [0, 0.05) is 5.92 Å². The van der Waals surface area contributed by atoms with Gasteiger partial charge in [-0.05, 0) is 20.8 Å². The lowest BCUT2D eigenvalue weighted by atomic mass is 10.0. The first-order chi connectivity index (χ1) is 13.6. The van der Waals surface area contributed by atoms with Crippen LogP contribution in [0.1, 0.15) is 33.9 Å². The van der Waals surface area contributed by atoms with Crippen LogP contribution in [-0.2, 0) is 28.5 Å². The predicted molar refractivity (Wildman–Crippen MR) is 103 cm³/mol. The standard InChI is InChI=1S/C17H23ClN4O6S/c1-5-25-29(23,24)6-9(2)11-12-13(28-17(3,4)27-12)16(26-11)22-8-21-10-14(18)19-7-20-15(10)22/h7-9,11-13,16H,5-6H2,1-4H3/t9?,11-,12-,13-,16-/m1/s1. The molecule has 4 heterocycles. The van der Waals surface area contributed by atoms with Crippen molar-refractivity contribution in [1.29, 1.82) is 0 Å². The molecule has 0 radical (unpaired) electrons. The minimum atomic E-state index is -3.67. The maximum Gasteiger partial charge on any atom is 0.267 e. The molecule has 0 amide bonds. The average Bonchev–Trinajstić information content (AvgIpc) is 3.25. The predicted octanol–water partition coefficient (Wildman–Crippen LogP) is 1.90. The smallest absolute Gasteiger partial charge is 0.267 e. The lowest BCUT2D eigenvalue weighted by Gasteiger charge is -2.27. The molecule has 5 atom stereocenters. The maximum atomic E-state index is 12.1. The van der Waals surface area contributed by atoms with Crippen molar-refractivity contribution in [2.45, 2.75) is 58.0 Å². The topological polar surface area (TPSA) is 115 Å². The highest BCUT2D eigenvalue weighted by Crippen LogP contribution is 2.45. The van der Waals surface area contributed by atoms with Gasteiger partial charge in [0.1, 0.15) is 24.1 Å². The summed E-state index contributed by atoms with van der Waals surface area (Å²) < 4.78 is 49.3. The number of hydrogen-bond donors (Lipinski definition) is 0. The van der Waals surface area contributed by atoms with Gasteiger partial charge in [-0.2, -0.15) is 8.42 Å². The average molecular weight is 447 g/mol. The zero-order valence-electron chi connectivity index (χ0n) is 16.5. The molecule has 2 aromatic heterocycles. The van der Waals surface area contributed by atoms with E-state index in [4.69, 9.17) is 30.0 Å². The molecule has 0 aromatic carbocycles. The van der Waals surface area contributed by atoms with E-state index in [1.807, 2.05) is 13.8 Å². The Morgan fingerprint density at radius 2 is 2.00 bits per heavy atom. The molecule has 0 aliphatic carbocycles. The molecule has 0 bridgehead atoms. The number of hydrogen-bond acceptors (Lipinski definition) is 9. The quantitative estimate of drug-likeness (QED) is 0.484. The molecular weight excluding hydrogens is 424 g/mol. The van der Waals surface area contributed by atoms with Crippen molar-refractivity contribution in [1.82, 2.24) is 19.5 Å². The van der Waals surface area contributed by atoms with Crippen molar-refractivity contribution in [2.75, 3.05) is 12.4 Å². The van der Waals surface area contributed by atoms with E-state index < -0.39 is 46.4 Å². The van der Waals surface area contributed by atoms with Gasteiger partial charge in [-0.25, -0.2) is 15.0 Å². The first kappa shape index (κ1) is 20.9. The highest BCUT2D eigenvalue weighted by atomic mass is 35.5. The normalized spacial score (nSPS) is 30.0. The first-order valence-corrected chi connectivity index (χ1v) is 11.3. The Kier molecular flexibility index (Phi) is 5.33. The first-order valence-electron chi connectivity index (χ1n) is 9.33. The third-order valence-electron chi connectivity index (χ3n) is 4.98. The van der Waals surface area contributed by atoms with Crippen LogP contribution in [0.2, 0.25) is 5.15 Å². The number of aromatic nitrogens is 4. The number of fused-ring (bicyclic) bond motifs is 2. The third-order valence-corrected chi connectivity index (χ3v) is 6.78. The fraction of sp³-hybridized carbons (Fsp3) is 0.706. The molecule has 0 N–H and O–H groups in total. The largest absolute Gasteiger partial charge is 0.349 e. The van der Waals surface area contributed by atoms with Crippen LogP contribution < -0.4 is 0 Å². The summed E-state index contributed by atoms with van der Waals surface area (Å²) in [5, 5.41) is 0.236. The summed E-state index contributed by atoms with van der Waals surface area (Å²) in [6, 6.07) is 0. The number of rotatable bonds is 6. The third kappa shape index (κ3) is 3.87. The van der Waals surface area contributed by atoms with E-state index in [0.29, 0.717) is 11.2 Å². The summed E-state index contributed by atoms with van der Waals surface area (Å²) in [5.41, 5.74) is 0.945. The van der Waals surface area contributed by atoms with Gasteiger partial charge >= 0.3 is 0 Å². The Hall–Kier alpha value is -1.37. The van der Waals surface area contributed by atoms with Crippen molar-refractivity contribution in [3.63, 3.8) is 0 Å². The van der Waals surface area contributed by atoms with Gasteiger partial charge in [0.05, 0.1) is 24.8 Å². The fourth-order valence-corrected chi connectivity index (χ4v) is 5.41. The zero-order chi connectivity index (χ0) is 21.0. The van der Waals surface area contributed by atoms with E-state index in [9.17, 15) is 8.42 Å². The molecule has 12 heteroatoms. The van der Waals surface area contributed by atoms with Crippen molar-refractivity contribution in [3.05, 3.63) is 17.8 Å². The molecule has 4 rings (SSSR count). The fourth-order valence-electron chi connectivity index (χ4n) is 3.94. The van der Waals surface area contributed by atoms with Crippen LogP contribution in [0.15, 0.2) is 12.7 Å². The lowest BCUT2D eigenvalue weighted by Crippen LogP contribution is -2.37. The zero-order valence-corrected chi connectivity index (χ0v) is 18.1. The SMILES string of the molecule is CCOS(=O)(=O)CC(C)[C@H]1O[C@@H](n2cnc3c(Cl)ncnc32)[C@@H]2OC(C)(C)O[C@@H]21. The molecule has 29 heavy (non-hydrogen) atoms. The Bertz CT molecular complexity index is 1010. The van der Waals surface area contributed by atoms with Crippen LogP contribution in [0.3, 0.4) is 0 Å². The molecule has 2 aromatic rings. The lowest BCUT2D eigenvalue weighted by molar-refractivity contribution is -0.200. The molecular formula is C17H23ClN4O6S. The minimum absolute atomic E-state index is 0.0867. The van der Waals surface area contributed by atoms with E-state index >= 15 is 0 Å². The monoisotopic (exact) mass is 446 g/mol. The molecule has 160 valence electrons. The highest BCUT2D eigenvalue weighted by Gasteiger charge is 2.57. The van der Waals surface area contributed by atoms with Gasteiger partial charge in [-0.1, -0.05) is 18.5 Å². The van der Waals surface area contributed by atoms with Gasteiger partial charge in [0.15, 0.2) is 22.8 Å². The molecule has 2 aliphatic rings. The van der Waals surface area contributed by atoms with E-state index in [1.54, 1.807) is 24.7 Å². The Morgan fingerprint density at radius 1 is 1.28 bits per heavy atom. The maximum absolute atomic E-state index is 12.1. The van der Waals surface area contributed by atoms with Crippen molar-refractivity contribution >= 4 is 32.9 Å². The molecule has 0 spiro atoms. The number of ether oxygens (including phenoxy) is 3. The number of imidazole rings is 1. The van der Waals surface area contributed by atoms with E-state index in [1.165, 1.54) is 6.33 Å². The van der Waals surface area contributed by atoms with Gasteiger partial charge in [-0.15, -0.1) is 0 Å². The van der Waals surface area contributed by atoms with E-state index in [-0.39, 0.29) is 17.5 Å². The van der Waals surface area contributed by atoms with Crippen LogP contribution in [-0.4, -0.2) is 64.4 Å². The summed E-state index contributed by atoms with van der Waals surface area (Å²) in [5.74, 6) is -1.42. The second-order valence-corrected chi connectivity index (χ2v) is 9.70. The van der Waals surface area contributed by atoms with Crippen LogP contribution in [0, 0.1) is 5.92 Å². The van der Waals surface area contributed by atoms with Crippen molar-refractivity contribution in [3.8, 4) is 0 Å². The van der Waals surface area contributed by atoms with Crippen LogP contribution in [0.25, 0.3) is 11.2 Å². The van der Waals surface area contributed by atoms with Crippen molar-refractivity contribution in [2.24, 2.45) is 5.92 Å². The number of halogens is 1. The minimum Gasteiger partial charge on any atom is -0.349 e. The van der Waals surface area contributed by atoms with Gasteiger partial charge in [0.25, 0.3) is 10.1 Å². The van der Waals surface area contributed by atoms with Gasteiger partial charge in [0.2, 0.25) is 0 Å².